The normalized spacial score (nSPS) is 16.0. The van der Waals surface area contributed by atoms with Crippen molar-refractivity contribution >= 4 is 72.4 Å². The third-order valence-corrected chi connectivity index (χ3v) is 6.02. The quantitative estimate of drug-likeness (QED) is 0.508. The van der Waals surface area contributed by atoms with E-state index in [9.17, 15) is 19.1 Å². The predicted molar refractivity (Wildman–Crippen MR) is 106 cm³/mol. The molecule has 1 saturated heterocycles. The van der Waals surface area contributed by atoms with Crippen LogP contribution in [0.5, 0.6) is 5.75 Å². The molecule has 2 aromatic carbocycles. The van der Waals surface area contributed by atoms with Crippen LogP contribution in [0, 0.1) is 5.82 Å². The van der Waals surface area contributed by atoms with Gasteiger partial charge in [-0.2, -0.15) is 0 Å². The first kappa shape index (κ1) is 19.4. The van der Waals surface area contributed by atoms with Crippen LogP contribution in [-0.2, 0) is 11.3 Å². The summed E-state index contributed by atoms with van der Waals surface area (Å²) >= 11 is 13.2. The zero-order valence-corrected chi connectivity index (χ0v) is 17.5. The molecular formula is C17H9Br2ClFNO3S. The van der Waals surface area contributed by atoms with Gasteiger partial charge in [0.15, 0.2) is 0 Å². The summed E-state index contributed by atoms with van der Waals surface area (Å²) in [6.45, 7) is -0.0376. The Morgan fingerprint density at radius 3 is 2.46 bits per heavy atom. The molecule has 1 heterocycles. The zero-order chi connectivity index (χ0) is 19.0. The molecule has 0 aliphatic carbocycles. The number of hydrogen-bond donors (Lipinski definition) is 1. The Kier molecular flexibility index (Phi) is 5.76. The predicted octanol–water partition coefficient (Wildman–Crippen LogP) is 5.95. The fourth-order valence-electron chi connectivity index (χ4n) is 2.28. The van der Waals surface area contributed by atoms with Crippen LogP contribution in [0.3, 0.4) is 0 Å². The van der Waals surface area contributed by atoms with Gasteiger partial charge in [0.1, 0.15) is 11.6 Å². The van der Waals surface area contributed by atoms with E-state index >= 15 is 0 Å². The number of phenolic OH excluding ortho intramolecular Hbond substituents is 1. The van der Waals surface area contributed by atoms with Crippen molar-refractivity contribution in [1.82, 2.24) is 4.90 Å². The number of amides is 2. The lowest BCUT2D eigenvalue weighted by Gasteiger charge is -2.13. The fourth-order valence-corrected chi connectivity index (χ4v) is 4.56. The molecule has 0 bridgehead atoms. The van der Waals surface area contributed by atoms with Gasteiger partial charge in [0.25, 0.3) is 11.1 Å². The molecule has 4 nitrogen and oxygen atoms in total. The fraction of sp³-hybridized carbons (Fsp3) is 0.0588. The number of phenols is 1. The number of carbonyl (C=O) groups is 2. The lowest BCUT2D eigenvalue weighted by molar-refractivity contribution is -0.123. The Morgan fingerprint density at radius 1 is 1.19 bits per heavy atom. The summed E-state index contributed by atoms with van der Waals surface area (Å²) in [4.78, 5) is 26.1. The molecule has 2 amide bonds. The van der Waals surface area contributed by atoms with Gasteiger partial charge in [-0.1, -0.05) is 17.7 Å². The van der Waals surface area contributed by atoms with Crippen molar-refractivity contribution in [2.24, 2.45) is 0 Å². The lowest BCUT2D eigenvalue weighted by atomic mass is 10.2. The second-order valence-electron chi connectivity index (χ2n) is 5.34. The molecule has 1 aliphatic heterocycles. The van der Waals surface area contributed by atoms with Crippen molar-refractivity contribution in [3.63, 3.8) is 0 Å². The third kappa shape index (κ3) is 3.98. The van der Waals surface area contributed by atoms with Crippen molar-refractivity contribution in [3.05, 3.63) is 66.1 Å². The Bertz CT molecular complexity index is 944. The van der Waals surface area contributed by atoms with E-state index in [1.54, 1.807) is 18.2 Å². The van der Waals surface area contributed by atoms with E-state index < -0.39 is 17.0 Å². The molecule has 0 unspecified atom stereocenters. The number of rotatable bonds is 3. The van der Waals surface area contributed by atoms with Crippen molar-refractivity contribution in [3.8, 4) is 5.75 Å². The van der Waals surface area contributed by atoms with Crippen LogP contribution in [-0.4, -0.2) is 21.2 Å². The van der Waals surface area contributed by atoms with E-state index in [1.165, 1.54) is 12.1 Å². The topological polar surface area (TPSA) is 57.6 Å². The summed E-state index contributed by atoms with van der Waals surface area (Å²) in [7, 11) is 0. The molecular weight excluding hydrogens is 513 g/mol. The second-order valence-corrected chi connectivity index (χ2v) is 8.45. The molecule has 3 rings (SSSR count). The van der Waals surface area contributed by atoms with Crippen LogP contribution in [0.4, 0.5) is 9.18 Å². The molecule has 134 valence electrons. The van der Waals surface area contributed by atoms with Crippen molar-refractivity contribution in [2.75, 3.05) is 0 Å². The number of hydrogen-bond acceptors (Lipinski definition) is 4. The molecule has 0 spiro atoms. The first-order valence-electron chi connectivity index (χ1n) is 7.13. The zero-order valence-electron chi connectivity index (χ0n) is 12.8. The van der Waals surface area contributed by atoms with Gasteiger partial charge in [-0.25, -0.2) is 4.39 Å². The molecule has 1 fully saturated rings. The number of halogens is 4. The smallest absolute Gasteiger partial charge is 0.293 e. The van der Waals surface area contributed by atoms with Crippen molar-refractivity contribution < 1.29 is 19.1 Å². The first-order chi connectivity index (χ1) is 12.3. The number of thioether (sulfide) groups is 1. The van der Waals surface area contributed by atoms with Gasteiger partial charge in [0, 0.05) is 5.02 Å². The van der Waals surface area contributed by atoms with Crippen LogP contribution < -0.4 is 0 Å². The minimum atomic E-state index is -0.490. The standard InChI is InChI=1S/C17H9Br2ClFNO3S/c18-11-3-8(4-12(19)15(11)23)5-14-16(24)22(17(25)26-14)7-9-1-2-10(21)6-13(9)20/h1-6,23H,7H2/b14-5-. The number of carbonyl (C=O) groups excluding carboxylic acids is 2. The van der Waals surface area contributed by atoms with Gasteiger partial charge in [-0.3, -0.25) is 14.5 Å². The van der Waals surface area contributed by atoms with Gasteiger partial charge in [-0.15, -0.1) is 0 Å². The van der Waals surface area contributed by atoms with Crippen LogP contribution in [0.1, 0.15) is 11.1 Å². The summed E-state index contributed by atoms with van der Waals surface area (Å²) in [5.41, 5.74) is 1.11. The number of imide groups is 1. The van der Waals surface area contributed by atoms with Gasteiger partial charge >= 0.3 is 0 Å². The summed E-state index contributed by atoms with van der Waals surface area (Å²) in [6.07, 6.45) is 1.56. The molecule has 0 saturated carbocycles. The Morgan fingerprint density at radius 2 is 1.85 bits per heavy atom. The van der Waals surface area contributed by atoms with E-state index in [2.05, 4.69) is 31.9 Å². The first-order valence-corrected chi connectivity index (χ1v) is 9.91. The highest BCUT2D eigenvalue weighted by atomic mass is 79.9. The maximum Gasteiger partial charge on any atom is 0.293 e. The highest BCUT2D eigenvalue weighted by Gasteiger charge is 2.35. The minimum absolute atomic E-state index is 0.0376. The average Bonchev–Trinajstić information content (AvgIpc) is 2.82. The van der Waals surface area contributed by atoms with E-state index in [1.807, 2.05) is 0 Å². The van der Waals surface area contributed by atoms with Crippen LogP contribution in [0.25, 0.3) is 6.08 Å². The third-order valence-electron chi connectivity index (χ3n) is 3.55. The molecule has 0 aromatic heterocycles. The largest absolute Gasteiger partial charge is 0.506 e. The van der Waals surface area contributed by atoms with Crippen molar-refractivity contribution in [2.45, 2.75) is 6.54 Å². The minimum Gasteiger partial charge on any atom is -0.506 e. The molecule has 1 aliphatic rings. The van der Waals surface area contributed by atoms with Gasteiger partial charge in [0.2, 0.25) is 0 Å². The maximum absolute atomic E-state index is 13.1. The van der Waals surface area contributed by atoms with Crippen LogP contribution >= 0.6 is 55.2 Å². The lowest BCUT2D eigenvalue weighted by Crippen LogP contribution is -2.27. The maximum atomic E-state index is 13.1. The van der Waals surface area contributed by atoms with Crippen LogP contribution in [0.15, 0.2) is 44.2 Å². The second kappa shape index (κ2) is 7.72. The van der Waals surface area contributed by atoms with E-state index in [0.717, 1.165) is 22.7 Å². The number of aromatic hydroxyl groups is 1. The highest BCUT2D eigenvalue weighted by molar-refractivity contribution is 9.11. The average molecular weight is 522 g/mol. The molecule has 9 heteroatoms. The van der Waals surface area contributed by atoms with E-state index in [4.69, 9.17) is 11.6 Å². The van der Waals surface area contributed by atoms with Gasteiger partial charge in [0.05, 0.1) is 20.4 Å². The molecule has 0 radical (unpaired) electrons. The SMILES string of the molecule is O=C1S/C(=C\c2cc(Br)c(O)c(Br)c2)C(=O)N1Cc1ccc(F)cc1Cl. The summed E-state index contributed by atoms with van der Waals surface area (Å²) in [5.74, 6) is -0.904. The van der Waals surface area contributed by atoms with Gasteiger partial charge in [-0.05, 0) is 85.1 Å². The molecule has 2 aromatic rings. The Hall–Kier alpha value is -1.35. The highest BCUT2D eigenvalue weighted by Crippen LogP contribution is 2.37. The molecule has 1 N–H and O–H groups in total. The summed E-state index contributed by atoms with van der Waals surface area (Å²) in [6, 6.07) is 7.06. The Labute approximate surface area is 174 Å². The summed E-state index contributed by atoms with van der Waals surface area (Å²) < 4.78 is 14.0. The van der Waals surface area contributed by atoms with Crippen LogP contribution in [0.2, 0.25) is 5.02 Å². The van der Waals surface area contributed by atoms with E-state index in [-0.39, 0.29) is 22.2 Å². The summed E-state index contributed by atoms with van der Waals surface area (Å²) in [5, 5.41) is 9.47. The molecule has 26 heavy (non-hydrogen) atoms. The molecule has 0 atom stereocenters. The van der Waals surface area contributed by atoms with Gasteiger partial charge < -0.3 is 5.11 Å². The Balaban J connectivity index is 1.87. The van der Waals surface area contributed by atoms with E-state index in [0.29, 0.717) is 20.1 Å². The number of benzene rings is 2. The number of nitrogens with zero attached hydrogens (tertiary/aromatic N) is 1. The van der Waals surface area contributed by atoms with Crippen molar-refractivity contribution in [1.29, 1.82) is 0 Å². The monoisotopic (exact) mass is 519 g/mol.